The SMILES string of the molecule is CCN1CCN(C(=O)c2ccc(Nc3nc4cccc(-c5cc(F)c(CN6CCOCC6)cc5F)c4o3)cc2C)CC1. The second-order valence-electron chi connectivity index (χ2n) is 10.9. The minimum absolute atomic E-state index is 0.0338. The summed E-state index contributed by atoms with van der Waals surface area (Å²) < 4.78 is 41.9. The molecule has 2 aliphatic rings. The number of ether oxygens (including phenoxy) is 1. The number of amides is 1. The number of halogens is 2. The van der Waals surface area contributed by atoms with Gasteiger partial charge in [-0.3, -0.25) is 9.69 Å². The van der Waals surface area contributed by atoms with E-state index in [-0.39, 0.29) is 17.5 Å². The molecule has 42 heavy (non-hydrogen) atoms. The maximum absolute atomic E-state index is 15.3. The maximum Gasteiger partial charge on any atom is 0.300 e. The van der Waals surface area contributed by atoms with E-state index in [2.05, 4.69) is 22.1 Å². The van der Waals surface area contributed by atoms with Crippen molar-refractivity contribution in [1.29, 1.82) is 0 Å². The number of carbonyl (C=O) groups is 1. The first-order valence-electron chi connectivity index (χ1n) is 14.5. The molecule has 3 heterocycles. The lowest BCUT2D eigenvalue weighted by atomic mass is 10.0. The summed E-state index contributed by atoms with van der Waals surface area (Å²) in [5, 5.41) is 3.16. The molecule has 0 bridgehead atoms. The fourth-order valence-corrected chi connectivity index (χ4v) is 5.67. The van der Waals surface area contributed by atoms with Gasteiger partial charge in [-0.15, -0.1) is 0 Å². The van der Waals surface area contributed by atoms with Crippen LogP contribution < -0.4 is 5.32 Å². The number of piperazine rings is 1. The molecule has 1 N–H and O–H groups in total. The van der Waals surface area contributed by atoms with Crippen molar-refractivity contribution in [2.45, 2.75) is 20.4 Å². The molecule has 1 aromatic heterocycles. The number of carbonyl (C=O) groups excluding carboxylic acids is 1. The maximum atomic E-state index is 15.3. The lowest BCUT2D eigenvalue weighted by molar-refractivity contribution is 0.0337. The van der Waals surface area contributed by atoms with Crippen LogP contribution in [0, 0.1) is 18.6 Å². The molecule has 0 unspecified atom stereocenters. The Balaban J connectivity index is 1.20. The smallest absolute Gasteiger partial charge is 0.300 e. The molecule has 0 atom stereocenters. The Morgan fingerprint density at radius 3 is 2.45 bits per heavy atom. The Morgan fingerprint density at radius 2 is 1.71 bits per heavy atom. The average molecular weight is 576 g/mol. The normalized spacial score (nSPS) is 16.7. The van der Waals surface area contributed by atoms with Crippen LogP contribution in [0.25, 0.3) is 22.2 Å². The van der Waals surface area contributed by atoms with Gasteiger partial charge in [0.1, 0.15) is 17.2 Å². The molecule has 3 aromatic carbocycles. The van der Waals surface area contributed by atoms with E-state index in [1.54, 1.807) is 18.2 Å². The first-order chi connectivity index (χ1) is 20.4. The van der Waals surface area contributed by atoms with E-state index >= 15 is 8.78 Å². The number of aromatic nitrogens is 1. The van der Waals surface area contributed by atoms with E-state index in [1.165, 1.54) is 12.1 Å². The number of benzene rings is 3. The molecule has 0 saturated carbocycles. The van der Waals surface area contributed by atoms with Crippen molar-refractivity contribution in [3.05, 3.63) is 76.9 Å². The molecule has 2 fully saturated rings. The minimum Gasteiger partial charge on any atom is -0.423 e. The molecule has 6 rings (SSSR count). The van der Waals surface area contributed by atoms with Crippen molar-refractivity contribution in [3.63, 3.8) is 0 Å². The van der Waals surface area contributed by atoms with Crippen LogP contribution in [-0.4, -0.2) is 84.6 Å². The molecular weight excluding hydrogens is 540 g/mol. The van der Waals surface area contributed by atoms with Gasteiger partial charge in [0, 0.05) is 73.8 Å². The fourth-order valence-electron chi connectivity index (χ4n) is 5.67. The summed E-state index contributed by atoms with van der Waals surface area (Å²) >= 11 is 0. The van der Waals surface area contributed by atoms with Gasteiger partial charge in [0.15, 0.2) is 5.58 Å². The monoisotopic (exact) mass is 575 g/mol. The zero-order valence-electron chi connectivity index (χ0n) is 24.0. The quantitative estimate of drug-likeness (QED) is 0.315. The Kier molecular flexibility index (Phi) is 8.19. The molecule has 0 radical (unpaired) electrons. The van der Waals surface area contributed by atoms with Gasteiger partial charge in [-0.25, -0.2) is 8.78 Å². The molecular formula is C32H35F2N5O3. The summed E-state index contributed by atoms with van der Waals surface area (Å²) in [6.45, 7) is 11.1. The van der Waals surface area contributed by atoms with Crippen LogP contribution in [0.2, 0.25) is 0 Å². The molecule has 220 valence electrons. The zero-order chi connectivity index (χ0) is 29.2. The average Bonchev–Trinajstić information content (AvgIpc) is 3.42. The third-order valence-electron chi connectivity index (χ3n) is 8.15. The standard InChI is InChI=1S/C32H35F2N5O3/c1-3-37-9-11-39(12-10-37)31(40)24-8-7-23(17-21(24)2)35-32-36-29-6-4-5-25(30(29)42-32)26-19-27(33)22(18-28(26)34)20-38-13-15-41-16-14-38/h4-8,17-19H,3,9-16,20H2,1-2H3,(H,35,36). The number of hydrogen-bond donors (Lipinski definition) is 1. The van der Waals surface area contributed by atoms with Crippen molar-refractivity contribution in [3.8, 4) is 11.1 Å². The zero-order valence-corrected chi connectivity index (χ0v) is 24.0. The fraction of sp³-hybridized carbons (Fsp3) is 0.375. The summed E-state index contributed by atoms with van der Waals surface area (Å²) in [6.07, 6.45) is 0. The van der Waals surface area contributed by atoms with E-state index in [9.17, 15) is 4.79 Å². The molecule has 10 heteroatoms. The van der Waals surface area contributed by atoms with E-state index in [4.69, 9.17) is 9.15 Å². The number of nitrogens with one attached hydrogen (secondary N) is 1. The third-order valence-corrected chi connectivity index (χ3v) is 8.15. The molecule has 8 nitrogen and oxygen atoms in total. The Bertz CT molecular complexity index is 1590. The number of rotatable bonds is 7. The van der Waals surface area contributed by atoms with Gasteiger partial charge in [0.25, 0.3) is 11.9 Å². The van der Waals surface area contributed by atoms with Crippen LogP contribution >= 0.6 is 0 Å². The molecule has 2 saturated heterocycles. The van der Waals surface area contributed by atoms with Crippen molar-refractivity contribution in [2.24, 2.45) is 0 Å². The highest BCUT2D eigenvalue weighted by molar-refractivity contribution is 5.96. The van der Waals surface area contributed by atoms with Crippen LogP contribution in [0.5, 0.6) is 0 Å². The molecule has 2 aliphatic heterocycles. The Morgan fingerprint density at radius 1 is 0.929 bits per heavy atom. The lowest BCUT2D eigenvalue weighted by Crippen LogP contribution is -2.48. The predicted molar refractivity (Wildman–Crippen MR) is 158 cm³/mol. The number of aryl methyl sites for hydroxylation is 1. The summed E-state index contributed by atoms with van der Waals surface area (Å²) in [4.78, 5) is 24.0. The van der Waals surface area contributed by atoms with Crippen molar-refractivity contribution in [1.82, 2.24) is 19.7 Å². The van der Waals surface area contributed by atoms with Crippen LogP contribution in [0.3, 0.4) is 0 Å². The van der Waals surface area contributed by atoms with Crippen LogP contribution in [-0.2, 0) is 11.3 Å². The number of hydrogen-bond acceptors (Lipinski definition) is 7. The summed E-state index contributed by atoms with van der Waals surface area (Å²) in [5.41, 5.74) is 3.93. The van der Waals surface area contributed by atoms with Crippen LogP contribution in [0.15, 0.2) is 52.9 Å². The van der Waals surface area contributed by atoms with Crippen LogP contribution in [0.1, 0.15) is 28.4 Å². The number of oxazole rings is 1. The second kappa shape index (κ2) is 12.2. The number of anilines is 2. The van der Waals surface area contributed by atoms with E-state index < -0.39 is 11.6 Å². The number of likely N-dealkylation sites (N-methyl/N-ethyl adjacent to an activating group) is 1. The first-order valence-corrected chi connectivity index (χ1v) is 14.5. The van der Waals surface area contributed by atoms with Gasteiger partial charge in [-0.05, 0) is 55.4 Å². The molecule has 1 amide bonds. The Hall–Kier alpha value is -3.86. The largest absolute Gasteiger partial charge is 0.423 e. The predicted octanol–water partition coefficient (Wildman–Crippen LogP) is 5.43. The first kappa shape index (κ1) is 28.3. The van der Waals surface area contributed by atoms with Gasteiger partial charge >= 0.3 is 0 Å². The van der Waals surface area contributed by atoms with Crippen molar-refractivity contribution < 1.29 is 22.7 Å². The highest BCUT2D eigenvalue weighted by atomic mass is 19.1. The van der Waals surface area contributed by atoms with E-state index in [0.29, 0.717) is 66.3 Å². The van der Waals surface area contributed by atoms with E-state index in [0.717, 1.165) is 38.3 Å². The molecule has 0 spiro atoms. The number of para-hydroxylation sites is 1. The third kappa shape index (κ3) is 5.88. The number of morpholine rings is 1. The summed E-state index contributed by atoms with van der Waals surface area (Å²) in [6, 6.07) is 13.4. The molecule has 0 aliphatic carbocycles. The molecule has 4 aromatic rings. The number of fused-ring (bicyclic) bond motifs is 1. The highest BCUT2D eigenvalue weighted by Gasteiger charge is 2.23. The number of nitrogens with zero attached hydrogens (tertiary/aromatic N) is 4. The van der Waals surface area contributed by atoms with Crippen LogP contribution in [0.4, 0.5) is 20.5 Å². The van der Waals surface area contributed by atoms with Gasteiger partial charge < -0.3 is 24.3 Å². The van der Waals surface area contributed by atoms with E-state index in [1.807, 2.05) is 34.9 Å². The summed E-state index contributed by atoms with van der Waals surface area (Å²) in [5.74, 6) is -0.957. The highest BCUT2D eigenvalue weighted by Crippen LogP contribution is 2.34. The Labute approximate surface area is 243 Å². The minimum atomic E-state index is -0.523. The van der Waals surface area contributed by atoms with Crippen molar-refractivity contribution in [2.75, 3.05) is 64.3 Å². The van der Waals surface area contributed by atoms with Crippen molar-refractivity contribution >= 4 is 28.7 Å². The van der Waals surface area contributed by atoms with Gasteiger partial charge in [-0.1, -0.05) is 19.1 Å². The topological polar surface area (TPSA) is 74.1 Å². The van der Waals surface area contributed by atoms with Gasteiger partial charge in [-0.2, -0.15) is 4.98 Å². The summed E-state index contributed by atoms with van der Waals surface area (Å²) in [7, 11) is 0. The van der Waals surface area contributed by atoms with Gasteiger partial charge in [0.05, 0.1) is 13.2 Å². The van der Waals surface area contributed by atoms with Gasteiger partial charge in [0.2, 0.25) is 0 Å². The second-order valence-corrected chi connectivity index (χ2v) is 10.9. The lowest BCUT2D eigenvalue weighted by Gasteiger charge is -2.34.